The van der Waals surface area contributed by atoms with Gasteiger partial charge in [0.1, 0.15) is 5.75 Å². The number of methoxy groups -OCH3 is 1. The van der Waals surface area contributed by atoms with E-state index in [1.54, 1.807) is 7.11 Å². The number of benzene rings is 2. The topological polar surface area (TPSA) is 41.9 Å². The summed E-state index contributed by atoms with van der Waals surface area (Å²) in [5.74, 6) is 1.78. The van der Waals surface area contributed by atoms with Gasteiger partial charge in [0.2, 0.25) is 0 Å². The third kappa shape index (κ3) is 5.03. The summed E-state index contributed by atoms with van der Waals surface area (Å²) in [7, 11) is 1.71. The van der Waals surface area contributed by atoms with Gasteiger partial charge < -0.3 is 4.74 Å². The highest BCUT2D eigenvalue weighted by molar-refractivity contribution is 8.18. The van der Waals surface area contributed by atoms with Gasteiger partial charge in [-0.3, -0.25) is 9.69 Å². The van der Waals surface area contributed by atoms with Gasteiger partial charge in [0.15, 0.2) is 5.17 Å². The van der Waals surface area contributed by atoms with Crippen molar-refractivity contribution in [2.75, 3.05) is 7.11 Å². The Bertz CT molecular complexity index is 1070. The lowest BCUT2D eigenvalue weighted by Crippen LogP contribution is -2.44. The number of carbonyl (C=O) groups excluding carboxylic acids is 1. The van der Waals surface area contributed by atoms with Gasteiger partial charge in [-0.2, -0.15) is 0 Å². The molecule has 0 N–H and O–H groups in total. The summed E-state index contributed by atoms with van der Waals surface area (Å²) < 4.78 is 5.61. The minimum absolute atomic E-state index is 0.0785. The molecule has 0 aromatic heterocycles. The van der Waals surface area contributed by atoms with Crippen molar-refractivity contribution in [3.8, 4) is 5.75 Å². The number of carbonyl (C=O) groups is 1. The Morgan fingerprint density at radius 2 is 1.88 bits per heavy atom. The van der Waals surface area contributed by atoms with Crippen molar-refractivity contribution in [2.45, 2.75) is 65.3 Å². The van der Waals surface area contributed by atoms with E-state index in [0.717, 1.165) is 57.5 Å². The Morgan fingerprint density at radius 3 is 2.55 bits per heavy atom. The standard InChI is InChI=1S/C28H34N2O2S/c1-18(2)23-16-21(20(4)15-25(23)32-5)17-26-27(31)30(24-14-10-9-11-19(24)3)28(33-26)29-22-12-7-6-8-13-22/h6-8,12-13,15-19,24H,9-11,14H2,1-5H3/b26-17-,29-28?/t19-,24-/m1/s1. The van der Waals surface area contributed by atoms with Crippen molar-refractivity contribution in [1.29, 1.82) is 0 Å². The minimum atomic E-state index is 0.0785. The van der Waals surface area contributed by atoms with Crippen LogP contribution in [0.15, 0.2) is 52.4 Å². The van der Waals surface area contributed by atoms with Crippen LogP contribution < -0.4 is 4.74 Å². The number of thioether (sulfide) groups is 1. The lowest BCUT2D eigenvalue weighted by Gasteiger charge is -2.35. The molecule has 2 atom stereocenters. The van der Waals surface area contributed by atoms with Gasteiger partial charge in [-0.15, -0.1) is 0 Å². The van der Waals surface area contributed by atoms with Gasteiger partial charge in [-0.25, -0.2) is 4.99 Å². The van der Waals surface area contributed by atoms with Crippen LogP contribution in [0.25, 0.3) is 6.08 Å². The molecule has 5 heteroatoms. The second-order valence-corrected chi connectivity index (χ2v) is 10.5. The Balaban J connectivity index is 1.76. The molecule has 0 spiro atoms. The predicted molar refractivity (Wildman–Crippen MR) is 139 cm³/mol. The number of amidine groups is 1. The van der Waals surface area contributed by atoms with E-state index in [4.69, 9.17) is 9.73 Å². The Hall–Kier alpha value is -2.53. The van der Waals surface area contributed by atoms with Gasteiger partial charge in [0, 0.05) is 6.04 Å². The van der Waals surface area contributed by atoms with Crippen LogP contribution in [0, 0.1) is 12.8 Å². The maximum absolute atomic E-state index is 13.7. The van der Waals surface area contributed by atoms with Crippen LogP contribution in [0.5, 0.6) is 5.75 Å². The lowest BCUT2D eigenvalue weighted by molar-refractivity contribution is -0.124. The Kier molecular flexibility index (Phi) is 7.28. The summed E-state index contributed by atoms with van der Waals surface area (Å²) in [6.07, 6.45) is 6.64. The predicted octanol–water partition coefficient (Wildman–Crippen LogP) is 7.31. The van der Waals surface area contributed by atoms with Crippen molar-refractivity contribution >= 4 is 34.6 Å². The van der Waals surface area contributed by atoms with Crippen LogP contribution in [0.1, 0.15) is 69.1 Å². The molecule has 0 unspecified atom stereocenters. The van der Waals surface area contributed by atoms with Crippen LogP contribution in [0.2, 0.25) is 0 Å². The molecule has 0 bridgehead atoms. The molecular weight excluding hydrogens is 428 g/mol. The molecule has 2 aliphatic rings. The molecular formula is C28H34N2O2S. The van der Waals surface area contributed by atoms with Gasteiger partial charge >= 0.3 is 0 Å². The van der Waals surface area contributed by atoms with Gasteiger partial charge in [0.05, 0.1) is 17.7 Å². The summed E-state index contributed by atoms with van der Waals surface area (Å²) in [6, 6.07) is 14.4. The van der Waals surface area contributed by atoms with Crippen LogP contribution in [-0.4, -0.2) is 29.1 Å². The zero-order chi connectivity index (χ0) is 23.5. The first kappa shape index (κ1) is 23.6. The van der Waals surface area contributed by atoms with E-state index in [9.17, 15) is 4.79 Å². The first-order valence-corrected chi connectivity index (χ1v) is 12.8. The van der Waals surface area contributed by atoms with Crippen LogP contribution >= 0.6 is 11.8 Å². The van der Waals surface area contributed by atoms with Gasteiger partial charge in [-0.05, 0) is 90.4 Å². The third-order valence-corrected chi connectivity index (χ3v) is 7.73. The largest absolute Gasteiger partial charge is 0.496 e. The molecule has 2 fully saturated rings. The summed E-state index contributed by atoms with van der Waals surface area (Å²) in [4.78, 5) is 21.4. The second-order valence-electron chi connectivity index (χ2n) is 9.45. The van der Waals surface area contributed by atoms with E-state index in [0.29, 0.717) is 11.8 Å². The first-order valence-electron chi connectivity index (χ1n) is 11.9. The molecule has 2 aromatic carbocycles. The van der Waals surface area contributed by atoms with Crippen molar-refractivity contribution in [3.05, 3.63) is 64.1 Å². The summed E-state index contributed by atoms with van der Waals surface area (Å²) in [5.41, 5.74) is 4.20. The monoisotopic (exact) mass is 462 g/mol. The molecule has 1 saturated carbocycles. The third-order valence-electron chi connectivity index (χ3n) is 6.74. The van der Waals surface area contributed by atoms with E-state index in [2.05, 4.69) is 39.8 Å². The number of hydrogen-bond donors (Lipinski definition) is 0. The van der Waals surface area contributed by atoms with E-state index >= 15 is 0 Å². The molecule has 4 nitrogen and oxygen atoms in total. The molecule has 1 amide bonds. The number of aryl methyl sites for hydroxylation is 1. The fourth-order valence-electron chi connectivity index (χ4n) is 4.79. The lowest BCUT2D eigenvalue weighted by atomic mass is 9.85. The van der Waals surface area contributed by atoms with Crippen molar-refractivity contribution in [2.24, 2.45) is 10.9 Å². The molecule has 1 heterocycles. The SMILES string of the molecule is COc1cc(C)c(/C=C2\SC(=Nc3ccccc3)N([C@@H]3CCCC[C@H]3C)C2=O)cc1C(C)C. The number of nitrogens with zero attached hydrogens (tertiary/aromatic N) is 2. The van der Waals surface area contributed by atoms with E-state index in [-0.39, 0.29) is 11.9 Å². The fourth-order valence-corrected chi connectivity index (χ4v) is 5.83. The smallest absolute Gasteiger partial charge is 0.267 e. The average Bonchev–Trinajstić information content (AvgIpc) is 3.10. The maximum atomic E-state index is 13.7. The summed E-state index contributed by atoms with van der Waals surface area (Å²) >= 11 is 1.50. The number of hydrogen-bond acceptors (Lipinski definition) is 4. The highest BCUT2D eigenvalue weighted by Gasteiger charge is 2.41. The fraction of sp³-hybridized carbons (Fsp3) is 0.429. The first-order chi connectivity index (χ1) is 15.9. The Morgan fingerprint density at radius 1 is 1.15 bits per heavy atom. The van der Waals surface area contributed by atoms with E-state index < -0.39 is 0 Å². The molecule has 0 radical (unpaired) electrons. The number of para-hydroxylation sites is 1. The number of aliphatic imine (C=N–C) groups is 1. The highest BCUT2D eigenvalue weighted by atomic mass is 32.2. The maximum Gasteiger partial charge on any atom is 0.267 e. The molecule has 33 heavy (non-hydrogen) atoms. The van der Waals surface area contributed by atoms with Crippen LogP contribution in [-0.2, 0) is 4.79 Å². The zero-order valence-corrected chi connectivity index (χ0v) is 21.1. The molecule has 2 aromatic rings. The van der Waals surface area contributed by atoms with Crippen LogP contribution in [0.3, 0.4) is 0 Å². The quantitative estimate of drug-likeness (QED) is 0.438. The second kappa shape index (κ2) is 10.2. The molecule has 1 saturated heterocycles. The highest BCUT2D eigenvalue weighted by Crippen LogP contribution is 2.41. The number of rotatable bonds is 5. The molecule has 1 aliphatic carbocycles. The zero-order valence-electron chi connectivity index (χ0n) is 20.3. The summed E-state index contributed by atoms with van der Waals surface area (Å²) in [6.45, 7) is 8.67. The van der Waals surface area contributed by atoms with E-state index in [1.807, 2.05) is 41.3 Å². The van der Waals surface area contributed by atoms with Crippen molar-refractivity contribution in [3.63, 3.8) is 0 Å². The normalized spacial score (nSPS) is 23.7. The Labute approximate surface area is 202 Å². The number of amides is 1. The van der Waals surface area contributed by atoms with E-state index in [1.165, 1.54) is 18.2 Å². The minimum Gasteiger partial charge on any atom is -0.496 e. The van der Waals surface area contributed by atoms with Crippen LogP contribution in [0.4, 0.5) is 5.69 Å². The summed E-state index contributed by atoms with van der Waals surface area (Å²) in [5, 5.41) is 0.798. The van der Waals surface area contributed by atoms with Crippen molar-refractivity contribution < 1.29 is 9.53 Å². The molecule has 174 valence electrons. The number of ether oxygens (including phenoxy) is 1. The molecule has 1 aliphatic heterocycles. The molecule has 4 rings (SSSR count). The average molecular weight is 463 g/mol. The van der Waals surface area contributed by atoms with Gasteiger partial charge in [-0.1, -0.05) is 51.8 Å². The van der Waals surface area contributed by atoms with Gasteiger partial charge in [0.25, 0.3) is 5.91 Å². The van der Waals surface area contributed by atoms with Crippen molar-refractivity contribution in [1.82, 2.24) is 4.90 Å².